The van der Waals surface area contributed by atoms with Gasteiger partial charge in [0.15, 0.2) is 0 Å². The zero-order chi connectivity index (χ0) is 14.7. The van der Waals surface area contributed by atoms with Crippen molar-refractivity contribution in [1.29, 1.82) is 0 Å². The zero-order valence-electron chi connectivity index (χ0n) is 12.3. The first-order chi connectivity index (χ1) is 10.3. The van der Waals surface area contributed by atoms with Gasteiger partial charge in [-0.05, 0) is 35.3 Å². The van der Waals surface area contributed by atoms with Gasteiger partial charge < -0.3 is 4.57 Å². The molecule has 2 aromatic carbocycles. The molecule has 104 valence electrons. The molecule has 0 saturated carbocycles. The van der Waals surface area contributed by atoms with Crippen molar-refractivity contribution in [3.63, 3.8) is 0 Å². The van der Waals surface area contributed by atoms with Crippen LogP contribution in [0.5, 0.6) is 0 Å². The van der Waals surface area contributed by atoms with Gasteiger partial charge in [0.25, 0.3) is 0 Å². The van der Waals surface area contributed by atoms with Crippen molar-refractivity contribution in [3.05, 3.63) is 89.5 Å². The van der Waals surface area contributed by atoms with Crippen LogP contribution in [0.2, 0.25) is 0 Å². The fraction of sp³-hybridized carbons (Fsp3) is 0.105. The zero-order valence-corrected chi connectivity index (χ0v) is 12.3. The van der Waals surface area contributed by atoms with Gasteiger partial charge in [0.05, 0.1) is 0 Å². The van der Waals surface area contributed by atoms with Crippen molar-refractivity contribution in [1.82, 2.24) is 9.55 Å². The maximum absolute atomic E-state index is 4.42. The van der Waals surface area contributed by atoms with Crippen molar-refractivity contribution in [2.45, 2.75) is 6.92 Å². The lowest BCUT2D eigenvalue weighted by molar-refractivity contribution is 0.897. The Bertz CT molecular complexity index is 767. The van der Waals surface area contributed by atoms with Crippen molar-refractivity contribution >= 4 is 11.6 Å². The maximum atomic E-state index is 4.42. The molecule has 0 aliphatic heterocycles. The summed E-state index contributed by atoms with van der Waals surface area (Å²) in [6, 6.07) is 18.9. The lowest BCUT2D eigenvalue weighted by Crippen LogP contribution is -1.95. The molecule has 21 heavy (non-hydrogen) atoms. The van der Waals surface area contributed by atoms with Crippen LogP contribution in [0.25, 0.3) is 11.6 Å². The molecule has 0 radical (unpaired) electrons. The van der Waals surface area contributed by atoms with E-state index >= 15 is 0 Å². The molecule has 0 spiro atoms. The number of hydrogen-bond acceptors (Lipinski definition) is 1. The van der Waals surface area contributed by atoms with E-state index in [1.165, 1.54) is 22.3 Å². The van der Waals surface area contributed by atoms with Crippen LogP contribution in [0.3, 0.4) is 0 Å². The minimum absolute atomic E-state index is 0.956. The SMILES string of the molecule is Cc1ccccc1/C(=C/c1nccn1C)c1ccccc1. The molecular formula is C19H18N2. The molecular weight excluding hydrogens is 256 g/mol. The summed E-state index contributed by atoms with van der Waals surface area (Å²) < 4.78 is 2.03. The summed E-state index contributed by atoms with van der Waals surface area (Å²) in [5.41, 5.74) is 4.91. The number of benzene rings is 2. The van der Waals surface area contributed by atoms with E-state index in [2.05, 4.69) is 66.5 Å². The highest BCUT2D eigenvalue weighted by Crippen LogP contribution is 2.27. The molecule has 3 rings (SSSR count). The Hall–Kier alpha value is -2.61. The molecule has 0 aliphatic carbocycles. The second-order valence-corrected chi connectivity index (χ2v) is 5.14. The molecule has 0 bridgehead atoms. The fourth-order valence-corrected chi connectivity index (χ4v) is 2.45. The van der Waals surface area contributed by atoms with Crippen LogP contribution in [0.4, 0.5) is 0 Å². The highest BCUT2D eigenvalue weighted by molar-refractivity contribution is 5.91. The van der Waals surface area contributed by atoms with Gasteiger partial charge in [0.1, 0.15) is 5.82 Å². The molecule has 0 amide bonds. The van der Waals surface area contributed by atoms with Gasteiger partial charge in [-0.2, -0.15) is 0 Å². The van der Waals surface area contributed by atoms with E-state index in [1.54, 1.807) is 0 Å². The first-order valence-electron chi connectivity index (χ1n) is 7.06. The predicted octanol–water partition coefficient (Wildman–Crippen LogP) is 4.32. The van der Waals surface area contributed by atoms with E-state index < -0.39 is 0 Å². The lowest BCUT2D eigenvalue weighted by Gasteiger charge is -2.11. The van der Waals surface area contributed by atoms with Crippen molar-refractivity contribution in [3.8, 4) is 0 Å². The van der Waals surface area contributed by atoms with Crippen LogP contribution in [0, 0.1) is 6.92 Å². The largest absolute Gasteiger partial charge is 0.335 e. The quantitative estimate of drug-likeness (QED) is 0.695. The van der Waals surface area contributed by atoms with Gasteiger partial charge in [-0.3, -0.25) is 0 Å². The van der Waals surface area contributed by atoms with Gasteiger partial charge >= 0.3 is 0 Å². The summed E-state index contributed by atoms with van der Waals surface area (Å²) in [4.78, 5) is 4.42. The Morgan fingerprint density at radius 1 is 1.00 bits per heavy atom. The number of rotatable bonds is 3. The summed E-state index contributed by atoms with van der Waals surface area (Å²) in [5, 5.41) is 0. The number of aryl methyl sites for hydroxylation is 2. The van der Waals surface area contributed by atoms with Crippen molar-refractivity contribution < 1.29 is 0 Å². The van der Waals surface area contributed by atoms with E-state index in [1.807, 2.05) is 30.1 Å². The maximum Gasteiger partial charge on any atom is 0.132 e. The molecule has 2 heteroatoms. The number of hydrogen-bond donors (Lipinski definition) is 0. The molecule has 0 aliphatic rings. The smallest absolute Gasteiger partial charge is 0.132 e. The van der Waals surface area contributed by atoms with E-state index in [0.29, 0.717) is 0 Å². The standard InChI is InChI=1S/C19H18N2/c1-15-8-6-7-11-17(15)18(16-9-4-3-5-10-16)14-19-20-12-13-21(19)2/h3-14H,1-2H3/b18-14+. The molecule has 0 N–H and O–H groups in total. The van der Waals surface area contributed by atoms with Crippen LogP contribution in [-0.4, -0.2) is 9.55 Å². The first kappa shape index (κ1) is 13.4. The summed E-state index contributed by atoms with van der Waals surface area (Å²) in [6.07, 6.45) is 5.94. The van der Waals surface area contributed by atoms with Crippen LogP contribution < -0.4 is 0 Å². The molecule has 0 unspecified atom stereocenters. The van der Waals surface area contributed by atoms with Gasteiger partial charge in [-0.1, -0.05) is 54.6 Å². The predicted molar refractivity (Wildman–Crippen MR) is 87.8 cm³/mol. The third-order valence-corrected chi connectivity index (χ3v) is 3.65. The Labute approximate surface area is 125 Å². The Kier molecular flexibility index (Phi) is 3.69. The van der Waals surface area contributed by atoms with Gasteiger partial charge in [0, 0.05) is 19.4 Å². The number of aromatic nitrogens is 2. The highest BCUT2D eigenvalue weighted by atomic mass is 15.0. The minimum Gasteiger partial charge on any atom is -0.335 e. The molecule has 1 heterocycles. The second-order valence-electron chi connectivity index (χ2n) is 5.14. The van der Waals surface area contributed by atoms with E-state index in [4.69, 9.17) is 0 Å². The summed E-state index contributed by atoms with van der Waals surface area (Å²) in [6.45, 7) is 2.14. The number of imidazole rings is 1. The molecule has 0 fully saturated rings. The Morgan fingerprint density at radius 3 is 2.38 bits per heavy atom. The van der Waals surface area contributed by atoms with Gasteiger partial charge in [-0.25, -0.2) is 4.98 Å². The van der Waals surface area contributed by atoms with E-state index in [0.717, 1.165) is 5.82 Å². The fourth-order valence-electron chi connectivity index (χ4n) is 2.45. The third kappa shape index (κ3) is 2.79. The van der Waals surface area contributed by atoms with E-state index in [-0.39, 0.29) is 0 Å². The number of nitrogens with zero attached hydrogens (tertiary/aromatic N) is 2. The first-order valence-corrected chi connectivity index (χ1v) is 7.06. The lowest BCUT2D eigenvalue weighted by atomic mass is 9.94. The Morgan fingerprint density at radius 2 is 1.71 bits per heavy atom. The molecule has 1 aromatic heterocycles. The monoisotopic (exact) mass is 274 g/mol. The topological polar surface area (TPSA) is 17.8 Å². The van der Waals surface area contributed by atoms with Crippen LogP contribution in [0.15, 0.2) is 67.0 Å². The molecule has 0 saturated heterocycles. The normalized spacial score (nSPS) is 11.6. The average molecular weight is 274 g/mol. The van der Waals surface area contributed by atoms with E-state index in [9.17, 15) is 0 Å². The summed E-state index contributed by atoms with van der Waals surface area (Å²) >= 11 is 0. The highest BCUT2D eigenvalue weighted by Gasteiger charge is 2.08. The average Bonchev–Trinajstić information content (AvgIpc) is 2.92. The second kappa shape index (κ2) is 5.80. The summed E-state index contributed by atoms with van der Waals surface area (Å²) in [5.74, 6) is 0.956. The Balaban J connectivity index is 2.19. The summed E-state index contributed by atoms with van der Waals surface area (Å²) in [7, 11) is 2.01. The van der Waals surface area contributed by atoms with Gasteiger partial charge in [0.2, 0.25) is 0 Å². The third-order valence-electron chi connectivity index (χ3n) is 3.65. The van der Waals surface area contributed by atoms with Crippen molar-refractivity contribution in [2.24, 2.45) is 7.05 Å². The van der Waals surface area contributed by atoms with Crippen LogP contribution in [-0.2, 0) is 7.05 Å². The van der Waals surface area contributed by atoms with Crippen LogP contribution in [0.1, 0.15) is 22.5 Å². The van der Waals surface area contributed by atoms with Gasteiger partial charge in [-0.15, -0.1) is 0 Å². The molecule has 0 atom stereocenters. The van der Waals surface area contributed by atoms with Crippen LogP contribution >= 0.6 is 0 Å². The molecule has 3 aromatic rings. The minimum atomic E-state index is 0.956. The molecule has 2 nitrogen and oxygen atoms in total. The van der Waals surface area contributed by atoms with Crippen molar-refractivity contribution in [2.75, 3.05) is 0 Å².